The average Bonchev–Trinajstić information content (AvgIpc) is 2.72. The smallest absolute Gasteiger partial charge is 0.227 e. The van der Waals surface area contributed by atoms with Crippen molar-refractivity contribution in [3.05, 3.63) is 0 Å². The van der Waals surface area contributed by atoms with Crippen LogP contribution in [-0.4, -0.2) is 42.4 Å². The highest BCUT2D eigenvalue weighted by atomic mass is 16.5. The molecule has 2 unspecified atom stereocenters. The van der Waals surface area contributed by atoms with Crippen molar-refractivity contribution < 1.29 is 14.6 Å². The predicted molar refractivity (Wildman–Crippen MR) is 60.8 cm³/mol. The number of rotatable bonds is 5. The maximum atomic E-state index is 11.8. The number of aliphatic hydroxyl groups is 1. The highest BCUT2D eigenvalue weighted by molar-refractivity contribution is 5.79. The van der Waals surface area contributed by atoms with Crippen LogP contribution in [0, 0.1) is 5.92 Å². The van der Waals surface area contributed by atoms with Crippen LogP contribution in [0.3, 0.4) is 0 Å². The Labute approximate surface area is 96.3 Å². The summed E-state index contributed by atoms with van der Waals surface area (Å²) in [6.45, 7) is 4.90. The summed E-state index contributed by atoms with van der Waals surface area (Å²) >= 11 is 0. The van der Waals surface area contributed by atoms with Crippen LogP contribution in [0.2, 0.25) is 0 Å². The molecule has 1 rings (SSSR count). The van der Waals surface area contributed by atoms with Crippen LogP contribution in [-0.2, 0) is 9.53 Å². The minimum Gasteiger partial charge on any atom is -0.388 e. The zero-order valence-electron chi connectivity index (χ0n) is 10.0. The lowest BCUT2D eigenvalue weighted by Gasteiger charge is -2.26. The topological polar surface area (TPSA) is 84.6 Å². The minimum absolute atomic E-state index is 0.120. The average molecular weight is 230 g/mol. The van der Waals surface area contributed by atoms with Gasteiger partial charge in [-0.25, -0.2) is 0 Å². The van der Waals surface area contributed by atoms with E-state index in [1.54, 1.807) is 0 Å². The highest BCUT2D eigenvalue weighted by Crippen LogP contribution is 2.15. The Balaban J connectivity index is 2.40. The van der Waals surface area contributed by atoms with E-state index in [1.807, 2.05) is 13.8 Å². The van der Waals surface area contributed by atoms with Crippen LogP contribution in [0.1, 0.15) is 26.7 Å². The van der Waals surface area contributed by atoms with E-state index in [0.717, 1.165) is 0 Å². The van der Waals surface area contributed by atoms with Crippen molar-refractivity contribution in [2.24, 2.45) is 11.7 Å². The summed E-state index contributed by atoms with van der Waals surface area (Å²) in [5.74, 6) is -0.400. The third-order valence-electron chi connectivity index (χ3n) is 3.37. The van der Waals surface area contributed by atoms with Crippen LogP contribution in [0.4, 0.5) is 0 Å². The molecule has 0 aromatic rings. The Kier molecular flexibility index (Phi) is 4.70. The number of ether oxygens (including phenoxy) is 1. The van der Waals surface area contributed by atoms with Gasteiger partial charge >= 0.3 is 0 Å². The number of nitrogens with two attached hydrogens (primary N) is 1. The zero-order chi connectivity index (χ0) is 12.2. The number of carbonyl (C=O) groups excluding carboxylic acids is 1. The first-order valence-electron chi connectivity index (χ1n) is 5.86. The summed E-state index contributed by atoms with van der Waals surface area (Å²) in [6.07, 6.45) is 1.24. The SMILES string of the molecule is CCC(O)(CC)CNC(=O)C1COCC1N. The summed E-state index contributed by atoms with van der Waals surface area (Å²) in [5.41, 5.74) is 4.93. The molecule has 1 amide bonds. The molecule has 0 bridgehead atoms. The van der Waals surface area contributed by atoms with Gasteiger partial charge in [-0.15, -0.1) is 0 Å². The number of hydrogen-bond donors (Lipinski definition) is 3. The van der Waals surface area contributed by atoms with E-state index in [4.69, 9.17) is 10.5 Å². The summed E-state index contributed by atoms with van der Waals surface area (Å²) in [5, 5.41) is 12.8. The van der Waals surface area contributed by atoms with Crippen molar-refractivity contribution in [2.75, 3.05) is 19.8 Å². The monoisotopic (exact) mass is 230 g/mol. The molecule has 16 heavy (non-hydrogen) atoms. The molecule has 0 radical (unpaired) electrons. The van der Waals surface area contributed by atoms with E-state index < -0.39 is 5.60 Å². The molecule has 0 spiro atoms. The van der Waals surface area contributed by atoms with Gasteiger partial charge < -0.3 is 20.9 Å². The Bertz CT molecular complexity index is 241. The molecule has 5 heteroatoms. The first-order valence-corrected chi connectivity index (χ1v) is 5.86. The molecule has 0 aromatic heterocycles. The quantitative estimate of drug-likeness (QED) is 0.601. The lowest BCUT2D eigenvalue weighted by molar-refractivity contribution is -0.126. The summed E-state index contributed by atoms with van der Waals surface area (Å²) in [6, 6.07) is -0.226. The number of hydrogen-bond acceptors (Lipinski definition) is 4. The van der Waals surface area contributed by atoms with Gasteiger partial charge in [-0.1, -0.05) is 13.8 Å². The molecule has 2 atom stereocenters. The molecule has 1 aliphatic rings. The van der Waals surface area contributed by atoms with Crippen LogP contribution < -0.4 is 11.1 Å². The van der Waals surface area contributed by atoms with Gasteiger partial charge in [0.1, 0.15) is 0 Å². The maximum Gasteiger partial charge on any atom is 0.227 e. The normalized spacial score (nSPS) is 25.8. The van der Waals surface area contributed by atoms with Gasteiger partial charge in [0, 0.05) is 12.6 Å². The molecule has 1 aliphatic heterocycles. The number of amides is 1. The van der Waals surface area contributed by atoms with Crippen LogP contribution in [0.15, 0.2) is 0 Å². The maximum absolute atomic E-state index is 11.8. The highest BCUT2D eigenvalue weighted by Gasteiger charge is 2.32. The van der Waals surface area contributed by atoms with Crippen molar-refractivity contribution in [3.63, 3.8) is 0 Å². The van der Waals surface area contributed by atoms with Crippen LogP contribution >= 0.6 is 0 Å². The molecule has 1 heterocycles. The molecule has 1 saturated heterocycles. The molecule has 4 N–H and O–H groups in total. The molecule has 94 valence electrons. The molecule has 5 nitrogen and oxygen atoms in total. The summed E-state index contributed by atoms with van der Waals surface area (Å²) in [7, 11) is 0. The third-order valence-corrected chi connectivity index (χ3v) is 3.37. The summed E-state index contributed by atoms with van der Waals surface area (Å²) in [4.78, 5) is 11.8. The van der Waals surface area contributed by atoms with Gasteiger partial charge in [-0.3, -0.25) is 4.79 Å². The zero-order valence-corrected chi connectivity index (χ0v) is 10.0. The molecule has 0 saturated carbocycles. The Hall–Kier alpha value is -0.650. The van der Waals surface area contributed by atoms with Crippen molar-refractivity contribution in [2.45, 2.75) is 38.3 Å². The van der Waals surface area contributed by atoms with Gasteiger partial charge in [0.2, 0.25) is 5.91 Å². The first-order chi connectivity index (χ1) is 7.52. The fraction of sp³-hybridized carbons (Fsp3) is 0.909. The van der Waals surface area contributed by atoms with Gasteiger partial charge in [0.25, 0.3) is 0 Å². The molecule has 0 aromatic carbocycles. The fourth-order valence-corrected chi connectivity index (χ4v) is 1.72. The molecule has 1 fully saturated rings. The standard InChI is InChI=1S/C11H22N2O3/c1-3-11(15,4-2)7-13-10(14)8-5-16-6-9(8)12/h8-9,15H,3-7,12H2,1-2H3,(H,13,14). The van der Waals surface area contributed by atoms with Gasteiger partial charge in [-0.05, 0) is 12.8 Å². The molecular weight excluding hydrogens is 208 g/mol. The van der Waals surface area contributed by atoms with Gasteiger partial charge in [-0.2, -0.15) is 0 Å². The van der Waals surface area contributed by atoms with Crippen molar-refractivity contribution in [3.8, 4) is 0 Å². The Morgan fingerprint density at radius 2 is 2.12 bits per heavy atom. The molecular formula is C11H22N2O3. The lowest BCUT2D eigenvalue weighted by Crippen LogP contribution is -2.47. The van der Waals surface area contributed by atoms with Gasteiger partial charge in [0.15, 0.2) is 0 Å². The van der Waals surface area contributed by atoms with E-state index in [1.165, 1.54) is 0 Å². The fourth-order valence-electron chi connectivity index (χ4n) is 1.72. The summed E-state index contributed by atoms with van der Waals surface area (Å²) < 4.78 is 5.13. The van der Waals surface area contributed by atoms with E-state index in [0.29, 0.717) is 26.1 Å². The Morgan fingerprint density at radius 1 is 1.50 bits per heavy atom. The first kappa shape index (κ1) is 13.4. The second-order valence-electron chi connectivity index (χ2n) is 4.46. The largest absolute Gasteiger partial charge is 0.388 e. The van der Waals surface area contributed by atoms with E-state index in [9.17, 15) is 9.90 Å². The predicted octanol–water partition coefficient (Wildman–Crippen LogP) is -0.373. The Morgan fingerprint density at radius 3 is 2.56 bits per heavy atom. The van der Waals surface area contributed by atoms with Crippen molar-refractivity contribution >= 4 is 5.91 Å². The van der Waals surface area contributed by atoms with E-state index >= 15 is 0 Å². The van der Waals surface area contributed by atoms with E-state index in [-0.39, 0.29) is 24.4 Å². The number of carbonyl (C=O) groups is 1. The minimum atomic E-state index is -0.806. The van der Waals surface area contributed by atoms with Crippen LogP contribution in [0.25, 0.3) is 0 Å². The number of nitrogens with one attached hydrogen (secondary N) is 1. The lowest BCUT2D eigenvalue weighted by atomic mass is 9.96. The van der Waals surface area contributed by atoms with Crippen LogP contribution in [0.5, 0.6) is 0 Å². The van der Waals surface area contributed by atoms with Crippen molar-refractivity contribution in [1.82, 2.24) is 5.32 Å². The second kappa shape index (κ2) is 5.61. The third kappa shape index (κ3) is 3.17. The van der Waals surface area contributed by atoms with Gasteiger partial charge in [0.05, 0.1) is 24.7 Å². The second-order valence-corrected chi connectivity index (χ2v) is 4.46. The van der Waals surface area contributed by atoms with Crippen molar-refractivity contribution in [1.29, 1.82) is 0 Å². The van der Waals surface area contributed by atoms with E-state index in [2.05, 4.69) is 5.32 Å². The molecule has 0 aliphatic carbocycles.